The summed E-state index contributed by atoms with van der Waals surface area (Å²) in [5, 5.41) is 8.93. The molecule has 0 bridgehead atoms. The Kier molecular flexibility index (Phi) is 4.71. The fourth-order valence-electron chi connectivity index (χ4n) is 3.46. The molecule has 0 amide bonds. The van der Waals surface area contributed by atoms with E-state index < -0.39 is 18.5 Å². The van der Waals surface area contributed by atoms with Crippen molar-refractivity contribution >= 4 is 29.6 Å². The summed E-state index contributed by atoms with van der Waals surface area (Å²) in [5.74, 6) is 0. The summed E-state index contributed by atoms with van der Waals surface area (Å²) >= 11 is -1.30. The fourth-order valence-corrected chi connectivity index (χ4v) is 4.70. The fraction of sp³-hybridized carbons (Fsp3) is 0.381. The highest BCUT2D eigenvalue weighted by Crippen LogP contribution is 2.37. The van der Waals surface area contributed by atoms with Crippen LogP contribution in [0, 0.1) is 11.3 Å². The molecule has 0 N–H and O–H groups in total. The van der Waals surface area contributed by atoms with Crippen LogP contribution in [0.1, 0.15) is 38.8 Å². The number of nitrogens with zero attached hydrogens (tertiary/aromatic N) is 2. The van der Waals surface area contributed by atoms with Crippen LogP contribution in [0.4, 0.5) is 5.69 Å². The summed E-state index contributed by atoms with van der Waals surface area (Å²) in [6.45, 7) is 8.87. The number of anilines is 1. The average molecular weight is 394 g/mol. The Labute approximate surface area is 169 Å². The van der Waals surface area contributed by atoms with E-state index in [1.807, 2.05) is 44.1 Å². The second kappa shape index (κ2) is 6.82. The molecular weight excluding hydrogens is 371 g/mol. The van der Waals surface area contributed by atoms with Gasteiger partial charge in [0, 0.05) is 0 Å². The molecule has 2 heterocycles. The van der Waals surface area contributed by atoms with Crippen molar-refractivity contribution in [3.8, 4) is 6.07 Å². The number of benzene rings is 2. The zero-order valence-electron chi connectivity index (χ0n) is 16.6. The zero-order chi connectivity index (χ0) is 20.1. The SMILES string of the molecule is CC1(C)OB(c2ccc3c(c2)CCN3[S+]([O-])c2ccc(C#N)cc2)OC1(C)C. The van der Waals surface area contributed by atoms with Gasteiger partial charge in [-0.25, -0.2) is 0 Å². The van der Waals surface area contributed by atoms with Gasteiger partial charge in [0.05, 0.1) is 35.1 Å². The first-order valence-corrected chi connectivity index (χ1v) is 10.5. The van der Waals surface area contributed by atoms with Gasteiger partial charge in [-0.2, -0.15) is 9.57 Å². The second-order valence-electron chi connectivity index (χ2n) is 8.21. The third-order valence-electron chi connectivity index (χ3n) is 5.87. The molecule has 5 nitrogen and oxygen atoms in total. The van der Waals surface area contributed by atoms with Crippen molar-refractivity contribution in [2.75, 3.05) is 10.8 Å². The van der Waals surface area contributed by atoms with E-state index >= 15 is 0 Å². The molecule has 0 radical (unpaired) electrons. The van der Waals surface area contributed by atoms with E-state index in [-0.39, 0.29) is 11.2 Å². The van der Waals surface area contributed by atoms with E-state index in [2.05, 4.69) is 12.1 Å². The van der Waals surface area contributed by atoms with Crippen LogP contribution in [-0.4, -0.2) is 29.4 Å². The maximum absolute atomic E-state index is 13.0. The predicted octanol–water partition coefficient (Wildman–Crippen LogP) is 2.94. The molecule has 2 aromatic rings. The van der Waals surface area contributed by atoms with E-state index in [1.165, 1.54) is 0 Å². The molecule has 28 heavy (non-hydrogen) atoms. The maximum atomic E-state index is 13.0. The minimum atomic E-state index is -1.30. The van der Waals surface area contributed by atoms with Gasteiger partial charge in [0.25, 0.3) is 0 Å². The van der Waals surface area contributed by atoms with Crippen molar-refractivity contribution in [1.29, 1.82) is 5.26 Å². The molecule has 1 unspecified atom stereocenters. The van der Waals surface area contributed by atoms with Crippen molar-refractivity contribution in [2.45, 2.75) is 50.2 Å². The molecule has 2 aromatic carbocycles. The topological polar surface area (TPSA) is 68.5 Å². The molecule has 144 valence electrons. The van der Waals surface area contributed by atoms with Gasteiger partial charge >= 0.3 is 7.12 Å². The van der Waals surface area contributed by atoms with Gasteiger partial charge in [0.15, 0.2) is 4.90 Å². The number of fused-ring (bicyclic) bond motifs is 1. The van der Waals surface area contributed by atoms with Crippen LogP contribution in [0.3, 0.4) is 0 Å². The molecule has 1 fully saturated rings. The number of hydrogen-bond acceptors (Lipinski definition) is 5. The lowest BCUT2D eigenvalue weighted by atomic mass is 9.78. The Morgan fingerprint density at radius 1 is 1.07 bits per heavy atom. The van der Waals surface area contributed by atoms with Crippen LogP contribution in [0.25, 0.3) is 0 Å². The first kappa shape index (κ1) is 19.3. The van der Waals surface area contributed by atoms with Gasteiger partial charge in [-0.1, -0.05) is 12.1 Å². The van der Waals surface area contributed by atoms with Gasteiger partial charge in [0.2, 0.25) is 0 Å². The lowest BCUT2D eigenvalue weighted by Gasteiger charge is -2.32. The Hall–Kier alpha value is -1.98. The first-order chi connectivity index (χ1) is 13.2. The third-order valence-corrected chi connectivity index (χ3v) is 7.32. The maximum Gasteiger partial charge on any atom is 0.494 e. The molecular formula is C21H23BN2O3S. The molecule has 1 atom stereocenters. The van der Waals surface area contributed by atoms with E-state index in [0.29, 0.717) is 17.0 Å². The molecule has 7 heteroatoms. The number of rotatable bonds is 3. The highest BCUT2D eigenvalue weighted by molar-refractivity contribution is 7.92. The summed E-state index contributed by atoms with van der Waals surface area (Å²) in [4.78, 5) is 0.696. The molecule has 1 saturated heterocycles. The summed E-state index contributed by atoms with van der Waals surface area (Å²) in [6.07, 6.45) is 0.824. The minimum Gasteiger partial charge on any atom is -0.588 e. The van der Waals surface area contributed by atoms with E-state index in [4.69, 9.17) is 14.6 Å². The summed E-state index contributed by atoms with van der Waals surface area (Å²) in [6, 6.07) is 15.1. The van der Waals surface area contributed by atoms with Crippen LogP contribution >= 0.6 is 0 Å². The third kappa shape index (κ3) is 3.21. The van der Waals surface area contributed by atoms with Gasteiger partial charge in [-0.3, -0.25) is 0 Å². The Bertz CT molecular complexity index is 924. The average Bonchev–Trinajstić information content (AvgIpc) is 3.18. The van der Waals surface area contributed by atoms with Crippen LogP contribution in [-0.2, 0) is 27.1 Å². The number of hydrogen-bond donors (Lipinski definition) is 0. The van der Waals surface area contributed by atoms with Gasteiger partial charge in [-0.15, -0.1) is 0 Å². The van der Waals surface area contributed by atoms with Crippen molar-refractivity contribution in [2.24, 2.45) is 0 Å². The minimum absolute atomic E-state index is 0.375. The molecule has 4 rings (SSSR count). The van der Waals surface area contributed by atoms with Crippen LogP contribution in [0.2, 0.25) is 0 Å². The normalized spacial score (nSPS) is 20.7. The van der Waals surface area contributed by atoms with Crippen molar-refractivity contribution in [3.05, 3.63) is 53.6 Å². The Morgan fingerprint density at radius 3 is 2.32 bits per heavy atom. The van der Waals surface area contributed by atoms with E-state index in [0.717, 1.165) is 23.1 Å². The monoisotopic (exact) mass is 394 g/mol. The molecule has 0 saturated carbocycles. The van der Waals surface area contributed by atoms with Gasteiger partial charge < -0.3 is 13.9 Å². The van der Waals surface area contributed by atoms with Crippen LogP contribution in [0.5, 0.6) is 0 Å². The van der Waals surface area contributed by atoms with E-state index in [9.17, 15) is 4.55 Å². The largest absolute Gasteiger partial charge is 0.588 e. The summed E-state index contributed by atoms with van der Waals surface area (Å²) in [7, 11) is -0.395. The highest BCUT2D eigenvalue weighted by atomic mass is 32.2. The van der Waals surface area contributed by atoms with Crippen molar-refractivity contribution in [1.82, 2.24) is 0 Å². The first-order valence-electron chi connectivity index (χ1n) is 9.40. The Morgan fingerprint density at radius 2 is 1.71 bits per heavy atom. The van der Waals surface area contributed by atoms with E-state index in [1.54, 1.807) is 24.3 Å². The van der Waals surface area contributed by atoms with Gasteiger partial charge in [0.1, 0.15) is 11.4 Å². The molecule has 2 aliphatic heterocycles. The summed E-state index contributed by atoms with van der Waals surface area (Å²) < 4.78 is 27.2. The Balaban J connectivity index is 1.56. The van der Waals surface area contributed by atoms with Crippen LogP contribution in [0.15, 0.2) is 47.4 Å². The zero-order valence-corrected chi connectivity index (χ0v) is 17.4. The van der Waals surface area contributed by atoms with Crippen molar-refractivity contribution in [3.63, 3.8) is 0 Å². The highest BCUT2D eigenvalue weighted by Gasteiger charge is 2.51. The predicted molar refractivity (Wildman–Crippen MR) is 111 cm³/mol. The number of nitriles is 1. The molecule has 2 aliphatic rings. The molecule has 0 spiro atoms. The smallest absolute Gasteiger partial charge is 0.494 e. The van der Waals surface area contributed by atoms with Crippen LogP contribution < -0.4 is 9.77 Å². The second-order valence-corrected chi connectivity index (χ2v) is 9.62. The van der Waals surface area contributed by atoms with Crippen molar-refractivity contribution < 1.29 is 13.9 Å². The molecule has 0 aliphatic carbocycles. The quantitative estimate of drug-likeness (QED) is 0.592. The molecule has 0 aromatic heterocycles. The lowest BCUT2D eigenvalue weighted by Crippen LogP contribution is -2.41. The standard InChI is InChI=1S/C21H23BN2O3S/c1-20(2)21(3,4)27-22(26-20)17-7-10-19-16(13-17)11-12-24(19)28(25)18-8-5-15(14-23)6-9-18/h5-10,13H,11-12H2,1-4H3. The summed E-state index contributed by atoms with van der Waals surface area (Å²) in [5.41, 5.74) is 2.93. The van der Waals surface area contributed by atoms with Gasteiger partial charge in [-0.05, 0) is 75.5 Å². The lowest BCUT2D eigenvalue weighted by molar-refractivity contribution is 0.00578.